The second kappa shape index (κ2) is 7.79. The van der Waals surface area contributed by atoms with Gasteiger partial charge in [0.15, 0.2) is 0 Å². The monoisotopic (exact) mass is 263 g/mol. The van der Waals surface area contributed by atoms with Crippen LogP contribution in [-0.2, 0) is 11.3 Å². The number of nitrogens with two attached hydrogens (primary N) is 1. The second-order valence-corrected chi connectivity index (χ2v) is 4.99. The van der Waals surface area contributed by atoms with Crippen molar-refractivity contribution in [1.82, 2.24) is 5.32 Å². The summed E-state index contributed by atoms with van der Waals surface area (Å²) in [6.07, 6.45) is 2.09. The zero-order chi connectivity index (χ0) is 14.3. The highest BCUT2D eigenvalue weighted by Crippen LogP contribution is 2.14. The molecule has 1 aromatic carbocycles. The van der Waals surface area contributed by atoms with E-state index in [1.54, 1.807) is 0 Å². The lowest BCUT2D eigenvalue weighted by Gasteiger charge is -2.21. The van der Waals surface area contributed by atoms with Crippen molar-refractivity contribution < 1.29 is 4.79 Å². The van der Waals surface area contributed by atoms with E-state index in [4.69, 9.17) is 5.73 Å². The number of carbonyl (C=O) groups excluding carboxylic acids is 1. The van der Waals surface area contributed by atoms with Gasteiger partial charge in [0.25, 0.3) is 0 Å². The fraction of sp³-hybridized carbons (Fsp3) is 0.533. The first-order valence-electron chi connectivity index (χ1n) is 6.86. The normalized spacial score (nSPS) is 12.0. The Kier molecular flexibility index (Phi) is 6.36. The number of hydrogen-bond acceptors (Lipinski definition) is 3. The number of rotatable bonds is 7. The van der Waals surface area contributed by atoms with Gasteiger partial charge in [0.05, 0.1) is 6.54 Å². The Morgan fingerprint density at radius 2 is 2.21 bits per heavy atom. The number of benzene rings is 1. The van der Waals surface area contributed by atoms with Crippen LogP contribution in [0.4, 0.5) is 5.69 Å². The molecule has 0 radical (unpaired) electrons. The number of carbonyl (C=O) groups is 1. The molecule has 0 aliphatic rings. The Balaban J connectivity index is 2.53. The zero-order valence-corrected chi connectivity index (χ0v) is 12.1. The Hall–Kier alpha value is -1.55. The maximum Gasteiger partial charge on any atom is 0.239 e. The fourth-order valence-electron chi connectivity index (χ4n) is 2.05. The number of nitrogens with zero attached hydrogens (tertiary/aromatic N) is 1. The molecule has 1 amide bonds. The molecule has 0 saturated heterocycles. The lowest BCUT2D eigenvalue weighted by Crippen LogP contribution is -2.39. The van der Waals surface area contributed by atoms with Crippen LogP contribution in [0.3, 0.4) is 0 Å². The molecule has 3 N–H and O–H groups in total. The van der Waals surface area contributed by atoms with Crippen molar-refractivity contribution in [3.8, 4) is 0 Å². The standard InChI is InChI=1S/C15H25N3O/c1-4-6-12(2)17-15(19)11-18(3)14-8-5-7-13(9-14)10-16/h5,7-9,12H,4,6,10-11,16H2,1-3H3,(H,17,19). The quantitative estimate of drug-likeness (QED) is 0.790. The number of likely N-dealkylation sites (N-methyl/N-ethyl adjacent to an activating group) is 1. The van der Waals surface area contributed by atoms with Gasteiger partial charge in [-0.2, -0.15) is 0 Å². The summed E-state index contributed by atoms with van der Waals surface area (Å²) in [6, 6.07) is 8.19. The summed E-state index contributed by atoms with van der Waals surface area (Å²) >= 11 is 0. The van der Waals surface area contributed by atoms with Crippen molar-refractivity contribution in [1.29, 1.82) is 0 Å². The summed E-state index contributed by atoms with van der Waals surface area (Å²) in [5.74, 6) is 0.0570. The predicted molar refractivity (Wildman–Crippen MR) is 80.1 cm³/mol. The molecule has 1 unspecified atom stereocenters. The Morgan fingerprint density at radius 1 is 1.47 bits per heavy atom. The van der Waals surface area contributed by atoms with Gasteiger partial charge >= 0.3 is 0 Å². The third-order valence-corrected chi connectivity index (χ3v) is 3.10. The maximum absolute atomic E-state index is 11.9. The zero-order valence-electron chi connectivity index (χ0n) is 12.1. The molecule has 0 saturated carbocycles. The maximum atomic E-state index is 11.9. The Morgan fingerprint density at radius 3 is 2.84 bits per heavy atom. The number of hydrogen-bond donors (Lipinski definition) is 2. The molecule has 0 aromatic heterocycles. The molecule has 0 aliphatic carbocycles. The average Bonchev–Trinajstić information content (AvgIpc) is 2.38. The van der Waals surface area contributed by atoms with Crippen LogP contribution >= 0.6 is 0 Å². The third-order valence-electron chi connectivity index (χ3n) is 3.10. The summed E-state index contributed by atoms with van der Waals surface area (Å²) in [5.41, 5.74) is 7.71. The van der Waals surface area contributed by atoms with Gasteiger partial charge in [-0.15, -0.1) is 0 Å². The van der Waals surface area contributed by atoms with E-state index in [0.717, 1.165) is 24.1 Å². The molecule has 0 aliphatic heterocycles. The summed E-state index contributed by atoms with van der Waals surface area (Å²) in [5, 5.41) is 3.00. The summed E-state index contributed by atoms with van der Waals surface area (Å²) in [7, 11) is 1.92. The summed E-state index contributed by atoms with van der Waals surface area (Å²) in [4.78, 5) is 13.8. The van der Waals surface area contributed by atoms with Gasteiger partial charge in [0, 0.05) is 25.3 Å². The molecular formula is C15H25N3O. The van der Waals surface area contributed by atoms with Gasteiger partial charge in [0.2, 0.25) is 5.91 Å². The molecule has 106 valence electrons. The van der Waals surface area contributed by atoms with Crippen molar-refractivity contribution in [3.63, 3.8) is 0 Å². The summed E-state index contributed by atoms with van der Waals surface area (Å²) < 4.78 is 0. The van der Waals surface area contributed by atoms with Gasteiger partial charge in [-0.05, 0) is 31.0 Å². The van der Waals surface area contributed by atoms with E-state index in [-0.39, 0.29) is 11.9 Å². The molecule has 1 atom stereocenters. The van der Waals surface area contributed by atoms with Crippen LogP contribution in [-0.4, -0.2) is 25.5 Å². The van der Waals surface area contributed by atoms with E-state index in [1.165, 1.54) is 0 Å². The van der Waals surface area contributed by atoms with Crippen molar-refractivity contribution >= 4 is 11.6 Å². The Bertz CT molecular complexity index is 406. The van der Waals surface area contributed by atoms with E-state index in [2.05, 4.69) is 12.2 Å². The highest BCUT2D eigenvalue weighted by Gasteiger charge is 2.10. The van der Waals surface area contributed by atoms with Crippen molar-refractivity contribution in [2.75, 3.05) is 18.5 Å². The second-order valence-electron chi connectivity index (χ2n) is 4.99. The molecule has 4 heteroatoms. The molecule has 0 heterocycles. The largest absolute Gasteiger partial charge is 0.365 e. The van der Waals surface area contributed by atoms with Crippen LogP contribution in [0, 0.1) is 0 Å². The van der Waals surface area contributed by atoms with Crippen molar-refractivity contribution in [2.24, 2.45) is 5.73 Å². The number of amides is 1. The van der Waals surface area contributed by atoms with Gasteiger partial charge in [-0.25, -0.2) is 0 Å². The molecule has 0 bridgehead atoms. The lowest BCUT2D eigenvalue weighted by molar-refractivity contribution is -0.120. The number of nitrogens with one attached hydrogen (secondary N) is 1. The Labute approximate surface area is 116 Å². The molecular weight excluding hydrogens is 238 g/mol. The van der Waals surface area contributed by atoms with Crippen LogP contribution in [0.2, 0.25) is 0 Å². The van der Waals surface area contributed by atoms with Crippen LogP contribution < -0.4 is 16.0 Å². The molecule has 0 spiro atoms. The molecule has 1 rings (SSSR count). The molecule has 4 nitrogen and oxygen atoms in total. The van der Waals surface area contributed by atoms with Crippen LogP contribution in [0.1, 0.15) is 32.3 Å². The van der Waals surface area contributed by atoms with Crippen LogP contribution in [0.15, 0.2) is 24.3 Å². The van der Waals surface area contributed by atoms with Crippen molar-refractivity contribution in [3.05, 3.63) is 29.8 Å². The van der Waals surface area contributed by atoms with E-state index < -0.39 is 0 Å². The summed E-state index contributed by atoms with van der Waals surface area (Å²) in [6.45, 7) is 5.03. The average molecular weight is 263 g/mol. The van der Waals surface area contributed by atoms with Crippen molar-refractivity contribution in [2.45, 2.75) is 39.3 Å². The van der Waals surface area contributed by atoms with Crippen LogP contribution in [0.5, 0.6) is 0 Å². The lowest BCUT2D eigenvalue weighted by atomic mass is 10.2. The first kappa shape index (κ1) is 15.5. The minimum Gasteiger partial charge on any atom is -0.365 e. The minimum absolute atomic E-state index is 0.0570. The van der Waals surface area contributed by atoms with E-state index in [1.807, 2.05) is 43.1 Å². The predicted octanol–water partition coefficient (Wildman–Crippen LogP) is 1.89. The molecule has 19 heavy (non-hydrogen) atoms. The highest BCUT2D eigenvalue weighted by molar-refractivity contribution is 5.81. The topological polar surface area (TPSA) is 58.4 Å². The van der Waals surface area contributed by atoms with Gasteiger partial charge < -0.3 is 16.0 Å². The van der Waals surface area contributed by atoms with Gasteiger partial charge in [-0.3, -0.25) is 4.79 Å². The third kappa shape index (κ3) is 5.30. The highest BCUT2D eigenvalue weighted by atomic mass is 16.2. The SMILES string of the molecule is CCCC(C)NC(=O)CN(C)c1cccc(CN)c1. The smallest absolute Gasteiger partial charge is 0.239 e. The fourth-order valence-corrected chi connectivity index (χ4v) is 2.05. The van der Waals surface area contributed by atoms with Gasteiger partial charge in [0.1, 0.15) is 0 Å². The minimum atomic E-state index is 0.0570. The molecule has 1 aromatic rings. The first-order chi connectivity index (χ1) is 9.06. The van der Waals surface area contributed by atoms with Crippen LogP contribution in [0.25, 0.3) is 0 Å². The number of anilines is 1. The molecule has 0 fully saturated rings. The van der Waals surface area contributed by atoms with E-state index >= 15 is 0 Å². The van der Waals surface area contributed by atoms with E-state index in [9.17, 15) is 4.79 Å². The first-order valence-corrected chi connectivity index (χ1v) is 6.86. The van der Waals surface area contributed by atoms with Gasteiger partial charge in [-0.1, -0.05) is 25.5 Å². The van der Waals surface area contributed by atoms with E-state index in [0.29, 0.717) is 13.1 Å².